The molecule has 0 N–H and O–H groups in total. The first-order valence-electron chi connectivity index (χ1n) is 11.1. The fraction of sp³-hybridized carbons (Fsp3) is 0.500. The Hall–Kier alpha value is -3.23. The van der Waals surface area contributed by atoms with E-state index in [0.29, 0.717) is 0 Å². The first-order valence-corrected chi connectivity index (χ1v) is 11.1. The summed E-state index contributed by atoms with van der Waals surface area (Å²) in [7, 11) is 0. The van der Waals surface area contributed by atoms with Gasteiger partial charge in [0.05, 0.1) is 11.6 Å². The number of piperazine rings is 1. The summed E-state index contributed by atoms with van der Waals surface area (Å²) < 4.78 is 1.72. The Labute approximate surface area is 181 Å². The summed E-state index contributed by atoms with van der Waals surface area (Å²) in [6, 6.07) is 6.00. The second-order valence-corrected chi connectivity index (χ2v) is 8.19. The van der Waals surface area contributed by atoms with Crippen molar-refractivity contribution < 1.29 is 4.79 Å². The van der Waals surface area contributed by atoms with E-state index in [1.54, 1.807) is 17.2 Å². The summed E-state index contributed by atoms with van der Waals surface area (Å²) in [5.74, 6) is 2.02. The number of pyridine rings is 1. The van der Waals surface area contributed by atoms with Crippen LogP contribution in [0, 0.1) is 0 Å². The number of anilines is 2. The van der Waals surface area contributed by atoms with Crippen LogP contribution in [0.4, 0.5) is 11.6 Å². The van der Waals surface area contributed by atoms with E-state index in [0.717, 1.165) is 74.8 Å². The summed E-state index contributed by atoms with van der Waals surface area (Å²) in [4.78, 5) is 32.8. The largest absolute Gasteiger partial charge is 0.353 e. The fourth-order valence-electron chi connectivity index (χ4n) is 4.48. The van der Waals surface area contributed by atoms with Gasteiger partial charge in [0, 0.05) is 45.5 Å². The first-order chi connectivity index (χ1) is 15.3. The number of nitrogens with zero attached hydrogens (tertiary/aromatic N) is 8. The maximum atomic E-state index is 12.8. The van der Waals surface area contributed by atoms with Crippen LogP contribution in [0.5, 0.6) is 0 Å². The highest BCUT2D eigenvalue weighted by atomic mass is 16.2. The predicted molar refractivity (Wildman–Crippen MR) is 119 cm³/mol. The molecule has 2 fully saturated rings. The van der Waals surface area contributed by atoms with Gasteiger partial charge in [-0.1, -0.05) is 18.9 Å². The van der Waals surface area contributed by atoms with Crippen LogP contribution >= 0.6 is 0 Å². The molecule has 5 heterocycles. The van der Waals surface area contributed by atoms with E-state index < -0.39 is 0 Å². The Balaban J connectivity index is 1.30. The van der Waals surface area contributed by atoms with Gasteiger partial charge in [-0.15, -0.1) is 0 Å². The van der Waals surface area contributed by atoms with E-state index >= 15 is 0 Å². The monoisotopic (exact) mass is 420 g/mol. The number of fused-ring (bicyclic) bond motifs is 1. The fourth-order valence-corrected chi connectivity index (χ4v) is 4.48. The van der Waals surface area contributed by atoms with Crippen molar-refractivity contribution in [3.05, 3.63) is 36.9 Å². The molecule has 0 aliphatic carbocycles. The second kappa shape index (κ2) is 8.87. The van der Waals surface area contributed by atoms with Gasteiger partial charge >= 0.3 is 0 Å². The highest BCUT2D eigenvalue weighted by molar-refractivity contribution is 5.88. The number of aromatic nitrogens is 5. The molecule has 9 nitrogen and oxygen atoms in total. The molecule has 0 spiro atoms. The number of amides is 1. The molecule has 0 unspecified atom stereocenters. The van der Waals surface area contributed by atoms with Gasteiger partial charge in [0.25, 0.3) is 0 Å². The van der Waals surface area contributed by atoms with Crippen LogP contribution in [0.25, 0.3) is 11.0 Å². The van der Waals surface area contributed by atoms with Crippen molar-refractivity contribution in [3.63, 3.8) is 0 Å². The number of rotatable bonds is 4. The molecule has 31 heavy (non-hydrogen) atoms. The lowest BCUT2D eigenvalue weighted by Crippen LogP contribution is -2.47. The quantitative estimate of drug-likeness (QED) is 0.638. The molecule has 1 amide bonds. The molecule has 162 valence electrons. The molecule has 9 heteroatoms. The summed E-state index contributed by atoms with van der Waals surface area (Å²) in [6.07, 6.45) is 9.79. The number of likely N-dealkylation sites (tertiary alicyclic amines) is 1. The molecule has 0 saturated carbocycles. The average Bonchev–Trinajstić information content (AvgIpc) is 3.04. The lowest BCUT2D eigenvalue weighted by atomic mass is 10.2. The lowest BCUT2D eigenvalue weighted by Gasteiger charge is -2.36. The Morgan fingerprint density at radius 3 is 2.39 bits per heavy atom. The van der Waals surface area contributed by atoms with Gasteiger partial charge in [0.2, 0.25) is 5.91 Å². The van der Waals surface area contributed by atoms with Crippen LogP contribution in [0.1, 0.15) is 25.7 Å². The van der Waals surface area contributed by atoms with Gasteiger partial charge in [0.15, 0.2) is 5.65 Å². The summed E-state index contributed by atoms with van der Waals surface area (Å²) >= 11 is 0. The van der Waals surface area contributed by atoms with Crippen molar-refractivity contribution in [3.8, 4) is 0 Å². The zero-order valence-corrected chi connectivity index (χ0v) is 17.7. The van der Waals surface area contributed by atoms with Gasteiger partial charge in [-0.2, -0.15) is 5.10 Å². The molecule has 3 aromatic rings. The van der Waals surface area contributed by atoms with Crippen LogP contribution in [-0.2, 0) is 11.3 Å². The average molecular weight is 421 g/mol. The molecule has 0 aromatic carbocycles. The molecule has 0 atom stereocenters. The van der Waals surface area contributed by atoms with Crippen molar-refractivity contribution in [2.45, 2.75) is 32.2 Å². The summed E-state index contributed by atoms with van der Waals surface area (Å²) in [5.41, 5.74) is 0.723. The predicted octanol–water partition coefficient (Wildman–Crippen LogP) is 1.95. The van der Waals surface area contributed by atoms with Crippen molar-refractivity contribution in [2.75, 3.05) is 49.1 Å². The second-order valence-electron chi connectivity index (χ2n) is 8.19. The SMILES string of the molecule is O=C(Cn1ncc2c(N3CCN(c4ccccn4)CC3)ncnc21)N1CCCCCC1. The number of carbonyl (C=O) groups is 1. The highest BCUT2D eigenvalue weighted by Crippen LogP contribution is 2.25. The van der Waals surface area contributed by atoms with Crippen LogP contribution < -0.4 is 9.80 Å². The molecule has 0 radical (unpaired) electrons. The Morgan fingerprint density at radius 2 is 1.65 bits per heavy atom. The van der Waals surface area contributed by atoms with E-state index in [1.165, 1.54) is 12.8 Å². The Kier molecular flexibility index (Phi) is 5.64. The third-order valence-electron chi connectivity index (χ3n) is 6.21. The molecule has 2 aliphatic heterocycles. The molecule has 0 bridgehead atoms. The smallest absolute Gasteiger partial charge is 0.244 e. The third kappa shape index (κ3) is 4.17. The number of hydrogen-bond acceptors (Lipinski definition) is 7. The number of hydrogen-bond donors (Lipinski definition) is 0. The zero-order valence-electron chi connectivity index (χ0n) is 17.7. The molecular weight excluding hydrogens is 392 g/mol. The third-order valence-corrected chi connectivity index (χ3v) is 6.21. The van der Waals surface area contributed by atoms with E-state index in [4.69, 9.17) is 0 Å². The van der Waals surface area contributed by atoms with E-state index in [2.05, 4.69) is 29.9 Å². The molecule has 5 rings (SSSR count). The molecule has 3 aromatic heterocycles. The van der Waals surface area contributed by atoms with Gasteiger partial charge in [-0.05, 0) is 25.0 Å². The first kappa shape index (κ1) is 19.7. The van der Waals surface area contributed by atoms with E-state index in [-0.39, 0.29) is 12.5 Å². The number of carbonyl (C=O) groups excluding carboxylic acids is 1. The Bertz CT molecular complexity index is 1020. The normalized spacial score (nSPS) is 17.7. The van der Waals surface area contributed by atoms with Gasteiger partial charge < -0.3 is 14.7 Å². The zero-order chi connectivity index (χ0) is 21.0. The topological polar surface area (TPSA) is 83.3 Å². The molecule has 2 aliphatic rings. The van der Waals surface area contributed by atoms with Gasteiger partial charge in [-0.3, -0.25) is 4.79 Å². The minimum atomic E-state index is 0.121. The summed E-state index contributed by atoms with van der Waals surface area (Å²) in [6.45, 7) is 5.38. The van der Waals surface area contributed by atoms with Crippen LogP contribution in [-0.4, -0.2) is 74.8 Å². The van der Waals surface area contributed by atoms with Crippen molar-refractivity contribution in [1.29, 1.82) is 0 Å². The van der Waals surface area contributed by atoms with Crippen molar-refractivity contribution >= 4 is 28.6 Å². The van der Waals surface area contributed by atoms with Crippen molar-refractivity contribution in [1.82, 2.24) is 29.6 Å². The van der Waals surface area contributed by atoms with Gasteiger partial charge in [0.1, 0.15) is 24.5 Å². The van der Waals surface area contributed by atoms with E-state index in [9.17, 15) is 4.79 Å². The van der Waals surface area contributed by atoms with Crippen molar-refractivity contribution in [2.24, 2.45) is 0 Å². The molecule has 2 saturated heterocycles. The van der Waals surface area contributed by atoms with Crippen LogP contribution in [0.15, 0.2) is 36.9 Å². The van der Waals surface area contributed by atoms with E-state index in [1.807, 2.05) is 29.3 Å². The maximum absolute atomic E-state index is 12.8. The maximum Gasteiger partial charge on any atom is 0.244 e. The highest BCUT2D eigenvalue weighted by Gasteiger charge is 2.23. The molecular formula is C22H28N8O. The van der Waals surface area contributed by atoms with Crippen LogP contribution in [0.3, 0.4) is 0 Å². The van der Waals surface area contributed by atoms with Crippen LogP contribution in [0.2, 0.25) is 0 Å². The summed E-state index contributed by atoms with van der Waals surface area (Å²) in [5, 5.41) is 5.39. The van der Waals surface area contributed by atoms with Gasteiger partial charge in [-0.25, -0.2) is 19.6 Å². The standard InChI is InChI=1S/C22H28N8O/c31-20(28-9-5-1-2-6-10-28)16-30-22-18(15-26-30)21(24-17-25-22)29-13-11-27(12-14-29)19-7-3-4-8-23-19/h3-4,7-8,15,17H,1-2,5-6,9-14,16H2. The minimum Gasteiger partial charge on any atom is -0.353 e. The minimum absolute atomic E-state index is 0.121. The lowest BCUT2D eigenvalue weighted by molar-refractivity contribution is -0.131. The Morgan fingerprint density at radius 1 is 0.871 bits per heavy atom.